The third kappa shape index (κ3) is 3.83. The number of hydrogen-bond acceptors (Lipinski definition) is 3. The summed E-state index contributed by atoms with van der Waals surface area (Å²) >= 11 is 0. The SMILES string of the molecule is CCc1cccc2c1OC(C)(C)[C@H]1C[C@@H](C(=O)O)[C@H](CCc3cccc(F)c3)O[C@H]21. The maximum absolute atomic E-state index is 13.5. The minimum Gasteiger partial charge on any atom is -0.487 e. The van der Waals surface area contributed by atoms with Crippen molar-refractivity contribution in [2.75, 3.05) is 0 Å². The molecule has 160 valence electrons. The highest BCUT2D eigenvalue weighted by atomic mass is 19.1. The van der Waals surface area contributed by atoms with Gasteiger partial charge in [0.2, 0.25) is 0 Å². The van der Waals surface area contributed by atoms with E-state index < -0.39 is 23.6 Å². The van der Waals surface area contributed by atoms with Crippen LogP contribution < -0.4 is 4.74 Å². The highest BCUT2D eigenvalue weighted by Gasteiger charge is 2.52. The summed E-state index contributed by atoms with van der Waals surface area (Å²) in [5.41, 5.74) is 2.48. The van der Waals surface area contributed by atoms with Crippen molar-refractivity contribution < 1.29 is 23.8 Å². The third-order valence-electron chi connectivity index (χ3n) is 6.64. The average Bonchev–Trinajstić information content (AvgIpc) is 2.71. The molecule has 30 heavy (non-hydrogen) atoms. The van der Waals surface area contributed by atoms with E-state index in [-0.39, 0.29) is 17.8 Å². The Kier molecular flexibility index (Phi) is 5.58. The van der Waals surface area contributed by atoms with Crippen LogP contribution in [0.1, 0.15) is 56.4 Å². The lowest BCUT2D eigenvalue weighted by Gasteiger charge is -2.50. The molecule has 4 atom stereocenters. The summed E-state index contributed by atoms with van der Waals surface area (Å²) in [6.07, 6.45) is 1.83. The second-order valence-electron chi connectivity index (χ2n) is 8.95. The first-order valence-corrected chi connectivity index (χ1v) is 10.7. The largest absolute Gasteiger partial charge is 0.487 e. The molecule has 0 aliphatic carbocycles. The molecule has 2 heterocycles. The van der Waals surface area contributed by atoms with E-state index in [9.17, 15) is 14.3 Å². The molecule has 4 nitrogen and oxygen atoms in total. The average molecular weight is 413 g/mol. The van der Waals surface area contributed by atoms with Crippen molar-refractivity contribution in [2.24, 2.45) is 11.8 Å². The van der Waals surface area contributed by atoms with Crippen molar-refractivity contribution in [3.05, 3.63) is 65.0 Å². The number of ether oxygens (including phenoxy) is 2. The zero-order valence-corrected chi connectivity index (χ0v) is 17.7. The van der Waals surface area contributed by atoms with E-state index in [0.717, 1.165) is 28.9 Å². The minimum absolute atomic E-state index is 0.0522. The zero-order chi connectivity index (χ0) is 21.5. The molecule has 0 saturated carbocycles. The van der Waals surface area contributed by atoms with E-state index in [4.69, 9.17) is 9.47 Å². The van der Waals surface area contributed by atoms with Crippen molar-refractivity contribution in [3.63, 3.8) is 0 Å². The predicted octanol–water partition coefficient (Wildman–Crippen LogP) is 5.34. The van der Waals surface area contributed by atoms with Gasteiger partial charge in [-0.2, -0.15) is 0 Å². The first-order valence-electron chi connectivity index (χ1n) is 10.7. The van der Waals surface area contributed by atoms with Gasteiger partial charge >= 0.3 is 5.97 Å². The van der Waals surface area contributed by atoms with Crippen molar-refractivity contribution in [1.82, 2.24) is 0 Å². The standard InChI is InChI=1S/C25H29FO4/c1-4-16-8-6-10-18-22(16)30-25(2,3)20-14-19(24(27)28)21(29-23(18)20)12-11-15-7-5-9-17(26)13-15/h5-10,13,19-21,23H,4,11-12,14H2,1-3H3,(H,27,28)/t19-,20+,21+,23-/m1/s1. The molecule has 0 unspecified atom stereocenters. The van der Waals surface area contributed by atoms with Crippen molar-refractivity contribution in [3.8, 4) is 5.75 Å². The topological polar surface area (TPSA) is 55.8 Å². The number of benzene rings is 2. The highest BCUT2D eigenvalue weighted by molar-refractivity contribution is 5.71. The Morgan fingerprint density at radius 3 is 2.70 bits per heavy atom. The number of carboxylic acids is 1. The highest BCUT2D eigenvalue weighted by Crippen LogP contribution is 2.53. The normalized spacial score (nSPS) is 26.9. The van der Waals surface area contributed by atoms with E-state index in [0.29, 0.717) is 19.3 Å². The quantitative estimate of drug-likeness (QED) is 0.720. The molecule has 0 spiro atoms. The van der Waals surface area contributed by atoms with Crippen LogP contribution in [0.2, 0.25) is 0 Å². The Morgan fingerprint density at radius 1 is 1.23 bits per heavy atom. The number of fused-ring (bicyclic) bond motifs is 3. The van der Waals surface area contributed by atoms with Gasteiger partial charge in [-0.05, 0) is 62.8 Å². The van der Waals surface area contributed by atoms with E-state index in [1.54, 1.807) is 6.07 Å². The fourth-order valence-electron chi connectivity index (χ4n) is 4.97. The Bertz CT molecular complexity index is 938. The summed E-state index contributed by atoms with van der Waals surface area (Å²) in [7, 11) is 0. The number of rotatable bonds is 5. The van der Waals surface area contributed by atoms with Gasteiger partial charge < -0.3 is 14.6 Å². The molecule has 0 bridgehead atoms. The van der Waals surface area contributed by atoms with Crippen LogP contribution >= 0.6 is 0 Å². The van der Waals surface area contributed by atoms with Crippen LogP contribution in [0.5, 0.6) is 5.75 Å². The minimum atomic E-state index is -0.846. The van der Waals surface area contributed by atoms with Crippen molar-refractivity contribution in [1.29, 1.82) is 0 Å². The van der Waals surface area contributed by atoms with Crippen LogP contribution in [-0.4, -0.2) is 22.8 Å². The number of carbonyl (C=O) groups is 1. The Morgan fingerprint density at radius 2 is 2.00 bits per heavy atom. The van der Waals surface area contributed by atoms with E-state index in [2.05, 4.69) is 13.0 Å². The summed E-state index contributed by atoms with van der Waals surface area (Å²) in [6.45, 7) is 6.15. The first-order chi connectivity index (χ1) is 14.3. The number of carboxylic acid groups (broad SMARTS) is 1. The summed E-state index contributed by atoms with van der Waals surface area (Å²) in [6, 6.07) is 12.6. The van der Waals surface area contributed by atoms with Gasteiger partial charge in [-0.1, -0.05) is 37.3 Å². The van der Waals surface area contributed by atoms with Gasteiger partial charge in [-0.25, -0.2) is 4.39 Å². The van der Waals surface area contributed by atoms with Gasteiger partial charge in [0.1, 0.15) is 17.2 Å². The van der Waals surface area contributed by atoms with Gasteiger partial charge in [0.05, 0.1) is 18.1 Å². The molecule has 2 aliphatic rings. The number of para-hydroxylation sites is 1. The molecule has 0 amide bonds. The summed E-state index contributed by atoms with van der Waals surface area (Å²) in [5, 5.41) is 9.91. The molecule has 2 aromatic carbocycles. The monoisotopic (exact) mass is 412 g/mol. The first kappa shape index (κ1) is 20.9. The third-order valence-corrected chi connectivity index (χ3v) is 6.64. The Balaban J connectivity index is 1.64. The van der Waals surface area contributed by atoms with Crippen LogP contribution in [0.3, 0.4) is 0 Å². The van der Waals surface area contributed by atoms with E-state index in [1.165, 1.54) is 12.1 Å². The number of aryl methyl sites for hydroxylation is 2. The lowest BCUT2D eigenvalue weighted by atomic mass is 9.71. The Labute approximate surface area is 177 Å². The van der Waals surface area contributed by atoms with Crippen molar-refractivity contribution >= 4 is 5.97 Å². The number of hydrogen-bond donors (Lipinski definition) is 1. The molecule has 2 aromatic rings. The van der Waals surface area contributed by atoms with Crippen LogP contribution in [0, 0.1) is 17.7 Å². The van der Waals surface area contributed by atoms with Gasteiger partial charge in [0.15, 0.2) is 0 Å². The predicted molar refractivity (Wildman–Crippen MR) is 112 cm³/mol. The smallest absolute Gasteiger partial charge is 0.309 e. The molecular weight excluding hydrogens is 383 g/mol. The summed E-state index contributed by atoms with van der Waals surface area (Å²) in [5.74, 6) is -0.910. The van der Waals surface area contributed by atoms with Crippen LogP contribution in [0.15, 0.2) is 42.5 Å². The van der Waals surface area contributed by atoms with E-state index in [1.807, 2.05) is 32.0 Å². The molecule has 0 radical (unpaired) electrons. The van der Waals surface area contributed by atoms with Gasteiger partial charge in [-0.15, -0.1) is 0 Å². The summed E-state index contributed by atoms with van der Waals surface area (Å²) in [4.78, 5) is 12.1. The van der Waals surface area contributed by atoms with Gasteiger partial charge in [-0.3, -0.25) is 4.79 Å². The molecule has 1 N–H and O–H groups in total. The molecule has 0 aromatic heterocycles. The molecule has 1 saturated heterocycles. The fraction of sp³-hybridized carbons (Fsp3) is 0.480. The van der Waals surface area contributed by atoms with Crippen molar-refractivity contribution in [2.45, 2.75) is 64.3 Å². The van der Waals surface area contributed by atoms with Gasteiger partial charge in [0, 0.05) is 11.5 Å². The lowest BCUT2D eigenvalue weighted by molar-refractivity contribution is -0.188. The fourth-order valence-corrected chi connectivity index (χ4v) is 4.97. The van der Waals surface area contributed by atoms with Crippen LogP contribution in [0.4, 0.5) is 4.39 Å². The number of halogens is 1. The van der Waals surface area contributed by atoms with Crippen LogP contribution in [-0.2, 0) is 22.4 Å². The maximum atomic E-state index is 13.5. The molecule has 1 fully saturated rings. The Hall–Kier alpha value is -2.40. The van der Waals surface area contributed by atoms with Gasteiger partial charge in [0.25, 0.3) is 0 Å². The van der Waals surface area contributed by atoms with Crippen LogP contribution in [0.25, 0.3) is 0 Å². The maximum Gasteiger partial charge on any atom is 0.309 e. The summed E-state index contributed by atoms with van der Waals surface area (Å²) < 4.78 is 26.5. The zero-order valence-electron chi connectivity index (χ0n) is 17.7. The molecule has 5 heteroatoms. The lowest BCUT2D eigenvalue weighted by Crippen LogP contribution is -2.52. The second-order valence-corrected chi connectivity index (χ2v) is 8.95. The van der Waals surface area contributed by atoms with E-state index >= 15 is 0 Å². The molecular formula is C25H29FO4. The molecule has 2 aliphatic heterocycles. The molecule has 4 rings (SSSR count). The second kappa shape index (κ2) is 8.03. The number of aliphatic carboxylic acids is 1.